The fourth-order valence-corrected chi connectivity index (χ4v) is 3.08. The molecule has 3 nitrogen and oxygen atoms in total. The molecule has 2 heterocycles. The van der Waals surface area contributed by atoms with E-state index in [-0.39, 0.29) is 0 Å². The van der Waals surface area contributed by atoms with Crippen LogP contribution in [0.3, 0.4) is 0 Å². The van der Waals surface area contributed by atoms with E-state index in [4.69, 9.17) is 9.98 Å². The number of pyridine rings is 2. The quantitative estimate of drug-likeness (QED) is 0.660. The summed E-state index contributed by atoms with van der Waals surface area (Å²) in [6.45, 7) is 0. The van der Waals surface area contributed by atoms with Gasteiger partial charge < -0.3 is 0 Å². The van der Waals surface area contributed by atoms with E-state index in [1.165, 1.54) is 24.1 Å². The van der Waals surface area contributed by atoms with Crippen molar-refractivity contribution >= 4 is 22.8 Å². The molecular weight excluding hydrogens is 270 g/mol. The minimum atomic E-state index is 1.05. The Kier molecular flexibility index (Phi) is 3.39. The summed E-state index contributed by atoms with van der Waals surface area (Å²) in [5, 5.41) is 1.15. The van der Waals surface area contributed by atoms with E-state index in [0.717, 1.165) is 35.0 Å². The molecule has 0 saturated heterocycles. The highest BCUT2D eigenvalue weighted by Crippen LogP contribution is 2.35. The topological polar surface area (TPSA) is 38.1 Å². The van der Waals surface area contributed by atoms with Gasteiger partial charge in [-0.05, 0) is 55.0 Å². The zero-order valence-corrected chi connectivity index (χ0v) is 12.4. The minimum Gasteiger partial charge on any atom is -0.265 e. The molecule has 1 aliphatic carbocycles. The highest BCUT2D eigenvalue weighted by atomic mass is 14.8. The van der Waals surface area contributed by atoms with Gasteiger partial charge in [0.05, 0.1) is 11.2 Å². The number of aliphatic imine (C=N–C) groups is 1. The van der Waals surface area contributed by atoms with Crippen LogP contribution in [0.2, 0.25) is 0 Å². The normalized spacial score (nSPS) is 14.4. The lowest BCUT2D eigenvalue weighted by Crippen LogP contribution is -2.06. The van der Waals surface area contributed by atoms with Gasteiger partial charge in [0, 0.05) is 29.7 Å². The Morgan fingerprint density at radius 2 is 1.77 bits per heavy atom. The molecule has 4 rings (SSSR count). The Labute approximate surface area is 129 Å². The smallest absolute Gasteiger partial charge is 0.0774 e. The SMILES string of the molecule is C(=N\c1c2c(nc3ccccc13)CCCC2)/c1ccncc1. The van der Waals surface area contributed by atoms with Gasteiger partial charge in [0.2, 0.25) is 0 Å². The van der Waals surface area contributed by atoms with Crippen LogP contribution in [0.4, 0.5) is 5.69 Å². The van der Waals surface area contributed by atoms with Gasteiger partial charge in [-0.15, -0.1) is 0 Å². The molecule has 0 atom stereocenters. The van der Waals surface area contributed by atoms with Crippen molar-refractivity contribution in [2.45, 2.75) is 25.7 Å². The van der Waals surface area contributed by atoms with Crippen molar-refractivity contribution in [3.8, 4) is 0 Å². The fraction of sp³-hybridized carbons (Fsp3) is 0.211. The molecule has 2 aromatic heterocycles. The molecule has 1 aromatic carbocycles. The van der Waals surface area contributed by atoms with Crippen LogP contribution in [0.25, 0.3) is 10.9 Å². The van der Waals surface area contributed by atoms with Crippen LogP contribution in [0.1, 0.15) is 29.7 Å². The zero-order chi connectivity index (χ0) is 14.8. The van der Waals surface area contributed by atoms with Crippen LogP contribution in [-0.4, -0.2) is 16.2 Å². The molecule has 0 aliphatic heterocycles. The van der Waals surface area contributed by atoms with Crippen molar-refractivity contribution in [2.24, 2.45) is 4.99 Å². The largest absolute Gasteiger partial charge is 0.265 e. The Balaban J connectivity index is 1.89. The van der Waals surface area contributed by atoms with Crippen molar-refractivity contribution in [2.75, 3.05) is 0 Å². The highest BCUT2D eigenvalue weighted by Gasteiger charge is 2.17. The van der Waals surface area contributed by atoms with Gasteiger partial charge in [-0.1, -0.05) is 18.2 Å². The van der Waals surface area contributed by atoms with Gasteiger partial charge in [-0.3, -0.25) is 15.0 Å². The minimum absolute atomic E-state index is 1.05. The number of benzene rings is 1. The lowest BCUT2D eigenvalue weighted by atomic mass is 9.93. The average Bonchev–Trinajstić information content (AvgIpc) is 2.59. The molecule has 0 N–H and O–H groups in total. The first-order valence-corrected chi connectivity index (χ1v) is 7.76. The van der Waals surface area contributed by atoms with Crippen molar-refractivity contribution in [1.82, 2.24) is 9.97 Å². The highest BCUT2D eigenvalue weighted by molar-refractivity contribution is 5.95. The van der Waals surface area contributed by atoms with E-state index in [9.17, 15) is 0 Å². The Hall–Kier alpha value is -2.55. The molecule has 0 bridgehead atoms. The lowest BCUT2D eigenvalue weighted by Gasteiger charge is -2.18. The van der Waals surface area contributed by atoms with Crippen molar-refractivity contribution in [1.29, 1.82) is 0 Å². The van der Waals surface area contributed by atoms with E-state index in [1.54, 1.807) is 12.4 Å². The zero-order valence-electron chi connectivity index (χ0n) is 12.4. The first-order valence-electron chi connectivity index (χ1n) is 7.76. The lowest BCUT2D eigenvalue weighted by molar-refractivity contribution is 0.672. The maximum atomic E-state index is 4.85. The number of aryl methyl sites for hydroxylation is 1. The predicted octanol–water partition coefficient (Wildman–Crippen LogP) is 4.26. The maximum absolute atomic E-state index is 4.85. The second kappa shape index (κ2) is 5.68. The van der Waals surface area contributed by atoms with Crippen LogP contribution in [0, 0.1) is 0 Å². The predicted molar refractivity (Wildman–Crippen MR) is 89.9 cm³/mol. The van der Waals surface area contributed by atoms with E-state index in [1.807, 2.05) is 24.4 Å². The van der Waals surface area contributed by atoms with Crippen molar-refractivity contribution in [3.63, 3.8) is 0 Å². The van der Waals surface area contributed by atoms with Gasteiger partial charge in [-0.2, -0.15) is 0 Å². The van der Waals surface area contributed by atoms with E-state index < -0.39 is 0 Å². The molecule has 1 aliphatic rings. The monoisotopic (exact) mass is 287 g/mol. The number of aromatic nitrogens is 2. The van der Waals surface area contributed by atoms with E-state index in [2.05, 4.69) is 23.2 Å². The second-order valence-electron chi connectivity index (χ2n) is 5.65. The number of para-hydroxylation sites is 1. The molecule has 3 aromatic rings. The van der Waals surface area contributed by atoms with E-state index >= 15 is 0 Å². The average molecular weight is 287 g/mol. The summed E-state index contributed by atoms with van der Waals surface area (Å²) in [6.07, 6.45) is 10.1. The maximum Gasteiger partial charge on any atom is 0.0774 e. The molecule has 108 valence electrons. The summed E-state index contributed by atoms with van der Waals surface area (Å²) in [4.78, 5) is 13.7. The molecule has 0 amide bonds. The second-order valence-corrected chi connectivity index (χ2v) is 5.65. The summed E-state index contributed by atoms with van der Waals surface area (Å²) >= 11 is 0. The number of nitrogens with zero attached hydrogens (tertiary/aromatic N) is 3. The number of hydrogen-bond donors (Lipinski definition) is 0. The molecule has 0 radical (unpaired) electrons. The molecule has 0 saturated carbocycles. The summed E-state index contributed by atoms with van der Waals surface area (Å²) in [7, 11) is 0. The standard InChI is InChI=1S/C19H17N3/c1-3-7-17-15(5-1)19(16-6-2-4-8-18(16)22-17)21-13-14-9-11-20-12-10-14/h1,3,5,7,9-13H,2,4,6,8H2/b21-13+. The van der Waals surface area contributed by atoms with Gasteiger partial charge in [0.25, 0.3) is 0 Å². The number of rotatable bonds is 2. The molecule has 0 unspecified atom stereocenters. The molecule has 22 heavy (non-hydrogen) atoms. The summed E-state index contributed by atoms with van der Waals surface area (Å²) in [6, 6.07) is 12.2. The summed E-state index contributed by atoms with van der Waals surface area (Å²) in [5.74, 6) is 0. The molecule has 0 spiro atoms. The first-order chi connectivity index (χ1) is 10.9. The van der Waals surface area contributed by atoms with Crippen molar-refractivity contribution in [3.05, 3.63) is 65.6 Å². The fourth-order valence-electron chi connectivity index (χ4n) is 3.08. The van der Waals surface area contributed by atoms with Crippen molar-refractivity contribution < 1.29 is 0 Å². The van der Waals surface area contributed by atoms with Gasteiger partial charge in [0.15, 0.2) is 0 Å². The molecular formula is C19H17N3. The third-order valence-electron chi connectivity index (χ3n) is 4.19. The molecule has 0 fully saturated rings. The Morgan fingerprint density at radius 1 is 0.955 bits per heavy atom. The number of hydrogen-bond acceptors (Lipinski definition) is 3. The Bertz CT molecular complexity index is 838. The first kappa shape index (κ1) is 13.1. The molecule has 3 heteroatoms. The van der Waals surface area contributed by atoms with Gasteiger partial charge >= 0.3 is 0 Å². The Morgan fingerprint density at radius 3 is 2.68 bits per heavy atom. The van der Waals surface area contributed by atoms with Crippen LogP contribution >= 0.6 is 0 Å². The van der Waals surface area contributed by atoms with Crippen LogP contribution < -0.4 is 0 Å². The third kappa shape index (κ3) is 2.39. The summed E-state index contributed by atoms with van der Waals surface area (Å²) < 4.78 is 0. The van der Waals surface area contributed by atoms with E-state index in [0.29, 0.717) is 0 Å². The third-order valence-corrected chi connectivity index (χ3v) is 4.19. The summed E-state index contributed by atoms with van der Waals surface area (Å²) in [5.41, 5.74) is 5.77. The van der Waals surface area contributed by atoms with Crippen LogP contribution in [0.5, 0.6) is 0 Å². The number of fused-ring (bicyclic) bond motifs is 2. The van der Waals surface area contributed by atoms with Crippen LogP contribution in [-0.2, 0) is 12.8 Å². The van der Waals surface area contributed by atoms with Gasteiger partial charge in [-0.25, -0.2) is 0 Å². The van der Waals surface area contributed by atoms with Crippen LogP contribution in [0.15, 0.2) is 53.8 Å². The van der Waals surface area contributed by atoms with Gasteiger partial charge in [0.1, 0.15) is 0 Å².